The summed E-state index contributed by atoms with van der Waals surface area (Å²) in [5.74, 6) is -2.36. The zero-order valence-electron chi connectivity index (χ0n) is 16.2. The first-order chi connectivity index (χ1) is 13.9. The predicted octanol–water partition coefficient (Wildman–Crippen LogP) is 1.91. The van der Waals surface area contributed by atoms with Crippen molar-refractivity contribution in [2.24, 2.45) is 0 Å². The number of likely N-dealkylation sites (tertiary alicyclic amines) is 1. The lowest BCUT2D eigenvalue weighted by molar-refractivity contribution is -0.153. The molecular weight excluding hydrogens is 412 g/mol. The van der Waals surface area contributed by atoms with E-state index in [2.05, 4.69) is 5.32 Å². The van der Waals surface area contributed by atoms with Crippen LogP contribution in [0.4, 0.5) is 0 Å². The van der Waals surface area contributed by atoms with Crippen molar-refractivity contribution in [3.8, 4) is 0 Å². The molecule has 158 valence electrons. The highest BCUT2D eigenvalue weighted by Crippen LogP contribution is 2.43. The Kier molecular flexibility index (Phi) is 7.48. The van der Waals surface area contributed by atoms with Gasteiger partial charge in [-0.05, 0) is 31.7 Å². The number of rotatable bonds is 8. The maximum atomic E-state index is 13.0. The number of nitrogens with zero attached hydrogens (tertiary/aromatic N) is 1. The number of benzene rings is 1. The number of hydrogen-bond acceptors (Lipinski definition) is 6. The molecular formula is C20H26N2O5S2. The molecule has 7 nitrogen and oxygen atoms in total. The van der Waals surface area contributed by atoms with Gasteiger partial charge in [-0.25, -0.2) is 4.79 Å². The van der Waals surface area contributed by atoms with Crippen LogP contribution in [0.1, 0.15) is 25.3 Å². The van der Waals surface area contributed by atoms with Crippen molar-refractivity contribution in [3.05, 3.63) is 35.9 Å². The summed E-state index contributed by atoms with van der Waals surface area (Å²) in [6.45, 7) is 2.01. The first-order valence-electron chi connectivity index (χ1n) is 9.66. The summed E-state index contributed by atoms with van der Waals surface area (Å²) in [5.41, 5.74) is 1.03. The molecule has 9 heteroatoms. The molecule has 0 spiro atoms. The smallest absolute Gasteiger partial charge is 0.326 e. The average Bonchev–Trinajstić information content (AvgIpc) is 3.17. The summed E-state index contributed by atoms with van der Waals surface area (Å²) in [5, 5.41) is 23.5. The topological polar surface area (TPSA) is 107 Å². The number of aryl methyl sites for hydroxylation is 1. The highest BCUT2D eigenvalue weighted by Gasteiger charge is 2.45. The van der Waals surface area contributed by atoms with Crippen LogP contribution in [0.15, 0.2) is 30.3 Å². The van der Waals surface area contributed by atoms with Crippen molar-refractivity contribution >= 4 is 41.4 Å². The summed E-state index contributed by atoms with van der Waals surface area (Å²) in [4.78, 5) is 37.9. The largest absolute Gasteiger partial charge is 0.480 e. The first kappa shape index (κ1) is 22.0. The molecule has 0 aromatic heterocycles. The maximum absolute atomic E-state index is 13.0. The van der Waals surface area contributed by atoms with Crippen LogP contribution in [-0.2, 0) is 20.8 Å². The number of hydrogen-bond donors (Lipinski definition) is 3. The van der Waals surface area contributed by atoms with E-state index in [-0.39, 0.29) is 16.4 Å². The summed E-state index contributed by atoms with van der Waals surface area (Å²) < 4.78 is 0. The van der Waals surface area contributed by atoms with Crippen LogP contribution in [0, 0.1) is 0 Å². The van der Waals surface area contributed by atoms with Gasteiger partial charge in [0.1, 0.15) is 12.1 Å². The van der Waals surface area contributed by atoms with Gasteiger partial charge in [-0.1, -0.05) is 30.3 Å². The van der Waals surface area contributed by atoms with E-state index in [0.717, 1.165) is 10.6 Å². The van der Waals surface area contributed by atoms with Gasteiger partial charge in [-0.3, -0.25) is 14.9 Å². The quantitative estimate of drug-likeness (QED) is 0.565. The zero-order chi connectivity index (χ0) is 21.0. The van der Waals surface area contributed by atoms with E-state index in [4.69, 9.17) is 0 Å². The normalized spacial score (nSPS) is 25.8. The molecule has 1 amide bonds. The molecule has 1 aromatic carbocycles. The minimum atomic E-state index is -1.02. The second-order valence-corrected chi connectivity index (χ2v) is 10.2. The van der Waals surface area contributed by atoms with E-state index in [1.54, 1.807) is 30.4 Å². The Bertz CT molecular complexity index is 748. The summed E-state index contributed by atoms with van der Waals surface area (Å²) in [7, 11) is 0. The van der Waals surface area contributed by atoms with Gasteiger partial charge in [-0.2, -0.15) is 0 Å². The molecule has 2 saturated heterocycles. The van der Waals surface area contributed by atoms with Crippen molar-refractivity contribution in [2.45, 2.75) is 54.8 Å². The fourth-order valence-electron chi connectivity index (χ4n) is 3.82. The van der Waals surface area contributed by atoms with Crippen LogP contribution in [0.2, 0.25) is 0 Å². The van der Waals surface area contributed by atoms with Crippen molar-refractivity contribution < 1.29 is 24.6 Å². The van der Waals surface area contributed by atoms with Crippen molar-refractivity contribution in [3.63, 3.8) is 0 Å². The molecule has 3 rings (SSSR count). The molecule has 0 aliphatic carbocycles. The number of carbonyl (C=O) groups excluding carboxylic acids is 1. The van der Waals surface area contributed by atoms with E-state index in [9.17, 15) is 24.6 Å². The molecule has 0 radical (unpaired) electrons. The molecule has 1 aromatic rings. The number of nitrogens with one attached hydrogen (secondary N) is 1. The maximum Gasteiger partial charge on any atom is 0.326 e. The summed E-state index contributed by atoms with van der Waals surface area (Å²) in [6, 6.07) is 7.07. The number of aliphatic carboxylic acids is 2. The van der Waals surface area contributed by atoms with E-state index < -0.39 is 30.1 Å². The van der Waals surface area contributed by atoms with Crippen LogP contribution >= 0.6 is 23.5 Å². The minimum Gasteiger partial charge on any atom is -0.480 e. The Morgan fingerprint density at radius 1 is 1.17 bits per heavy atom. The van der Waals surface area contributed by atoms with Crippen LogP contribution in [-0.4, -0.2) is 73.2 Å². The molecule has 2 aliphatic rings. The Morgan fingerprint density at radius 3 is 2.52 bits per heavy atom. The molecule has 3 N–H and O–H groups in total. The van der Waals surface area contributed by atoms with Gasteiger partial charge in [0.15, 0.2) is 0 Å². The number of amides is 1. The van der Waals surface area contributed by atoms with Gasteiger partial charge in [-0.15, -0.1) is 23.5 Å². The van der Waals surface area contributed by atoms with Gasteiger partial charge < -0.3 is 15.1 Å². The average molecular weight is 439 g/mol. The third-order valence-electron chi connectivity index (χ3n) is 5.44. The molecule has 2 aliphatic heterocycles. The zero-order valence-corrected chi connectivity index (χ0v) is 17.8. The Balaban J connectivity index is 1.63. The van der Waals surface area contributed by atoms with E-state index in [0.29, 0.717) is 25.8 Å². The fraction of sp³-hybridized carbons (Fsp3) is 0.550. The minimum absolute atomic E-state index is 0.236. The lowest BCUT2D eigenvalue weighted by atomic mass is 9.99. The molecule has 2 heterocycles. The highest BCUT2D eigenvalue weighted by molar-refractivity contribution is 8.19. The molecule has 0 saturated carbocycles. The van der Waals surface area contributed by atoms with Crippen LogP contribution in [0.25, 0.3) is 0 Å². The number of carboxylic acid groups (broad SMARTS) is 2. The van der Waals surface area contributed by atoms with Gasteiger partial charge in [0.25, 0.3) is 0 Å². The Labute approximate surface area is 178 Å². The van der Waals surface area contributed by atoms with Gasteiger partial charge in [0.2, 0.25) is 5.91 Å². The van der Waals surface area contributed by atoms with Gasteiger partial charge in [0.05, 0.1) is 6.04 Å². The number of carbonyl (C=O) groups is 3. The SMILES string of the molecule is CC(N[C@@H](CCc1ccccc1)C(=O)O)C(=O)N1CC2SCSC2C[C@H]1C(=O)O. The highest BCUT2D eigenvalue weighted by atomic mass is 32.2. The Hall–Kier alpha value is -1.71. The summed E-state index contributed by atoms with van der Waals surface area (Å²) >= 11 is 3.52. The number of piperidine rings is 1. The van der Waals surface area contributed by atoms with Crippen LogP contribution in [0.5, 0.6) is 0 Å². The van der Waals surface area contributed by atoms with Crippen LogP contribution < -0.4 is 5.32 Å². The molecule has 3 unspecified atom stereocenters. The molecule has 0 bridgehead atoms. The molecule has 29 heavy (non-hydrogen) atoms. The number of thioether (sulfide) groups is 2. The lowest BCUT2D eigenvalue weighted by Crippen LogP contribution is -2.59. The number of fused-ring (bicyclic) bond motifs is 1. The van der Waals surface area contributed by atoms with Crippen LogP contribution in [0.3, 0.4) is 0 Å². The second-order valence-electron chi connectivity index (χ2n) is 7.41. The fourth-order valence-corrected chi connectivity index (χ4v) is 7.22. The first-order valence-corrected chi connectivity index (χ1v) is 11.8. The van der Waals surface area contributed by atoms with E-state index in [1.807, 2.05) is 30.3 Å². The standard InChI is InChI=1S/C20H26N2O5S2/c1-12(21-14(19(24)25)8-7-13-5-3-2-4-6-13)18(23)22-10-17-16(28-11-29-17)9-15(22)20(26)27/h2-6,12,14-17,21H,7-11H2,1H3,(H,24,25)(H,26,27)/t12?,14-,15-,16?,17?/m0/s1. The molecule has 5 atom stereocenters. The Morgan fingerprint density at radius 2 is 1.86 bits per heavy atom. The second kappa shape index (κ2) is 9.86. The van der Waals surface area contributed by atoms with Crippen molar-refractivity contribution in [1.29, 1.82) is 0 Å². The lowest BCUT2D eigenvalue weighted by Gasteiger charge is -2.40. The summed E-state index contributed by atoms with van der Waals surface area (Å²) in [6.07, 6.45) is 1.35. The third kappa shape index (κ3) is 5.46. The van der Waals surface area contributed by atoms with E-state index in [1.165, 1.54) is 4.90 Å². The number of carboxylic acids is 2. The predicted molar refractivity (Wildman–Crippen MR) is 114 cm³/mol. The molecule has 2 fully saturated rings. The van der Waals surface area contributed by atoms with E-state index >= 15 is 0 Å². The van der Waals surface area contributed by atoms with Crippen molar-refractivity contribution in [2.75, 3.05) is 11.6 Å². The van der Waals surface area contributed by atoms with Gasteiger partial charge >= 0.3 is 11.9 Å². The monoisotopic (exact) mass is 438 g/mol. The third-order valence-corrected chi connectivity index (χ3v) is 8.56. The van der Waals surface area contributed by atoms with Crippen molar-refractivity contribution in [1.82, 2.24) is 10.2 Å². The van der Waals surface area contributed by atoms with Gasteiger partial charge in [0, 0.05) is 22.1 Å².